The van der Waals surface area contributed by atoms with Crippen molar-refractivity contribution in [3.63, 3.8) is 0 Å². The van der Waals surface area contributed by atoms with Crippen molar-refractivity contribution in [2.45, 2.75) is 55.8 Å². The number of carbonyl (C=O) groups excluding carboxylic acids is 1. The zero-order chi connectivity index (χ0) is 46.2. The van der Waals surface area contributed by atoms with Crippen LogP contribution in [0.2, 0.25) is 12.6 Å². The van der Waals surface area contributed by atoms with Crippen LogP contribution in [-0.4, -0.2) is 73.8 Å². The van der Waals surface area contributed by atoms with Gasteiger partial charge in [0.2, 0.25) is 5.95 Å². The molecule has 2 aliphatic heterocycles. The lowest BCUT2D eigenvalue weighted by atomic mass is 9.80. The molecule has 7 aromatic rings. The van der Waals surface area contributed by atoms with E-state index in [2.05, 4.69) is 94.3 Å². The third-order valence-corrected chi connectivity index (χ3v) is 19.3. The summed E-state index contributed by atoms with van der Waals surface area (Å²) in [4.78, 5) is 30.7. The lowest BCUT2D eigenvalue weighted by Gasteiger charge is -2.37. The smallest absolute Gasteiger partial charge is 0.274 e. The molecule has 0 saturated carbocycles. The number of amides is 1. The fourth-order valence-corrected chi connectivity index (χ4v) is 15.4. The molecule has 0 bridgehead atoms. The number of carbonyl (C=O) groups is 1. The summed E-state index contributed by atoms with van der Waals surface area (Å²) in [5.41, 5.74) is 1.46. The van der Waals surface area contributed by atoms with Crippen LogP contribution in [0, 0.1) is 0 Å². The van der Waals surface area contributed by atoms with Gasteiger partial charge in [-0.15, -0.1) is 0 Å². The number of benzene rings is 6. The van der Waals surface area contributed by atoms with Gasteiger partial charge in [-0.2, -0.15) is 4.98 Å². The summed E-state index contributed by atoms with van der Waals surface area (Å²) < 4.78 is 37.4. The molecule has 9 rings (SSSR count). The molecule has 1 unspecified atom stereocenters. The van der Waals surface area contributed by atoms with E-state index in [1.165, 1.54) is 16.4 Å². The molecule has 2 saturated heterocycles. The van der Waals surface area contributed by atoms with Crippen molar-refractivity contribution in [1.82, 2.24) is 14.2 Å². The highest BCUT2D eigenvalue weighted by Crippen LogP contribution is 2.58. The van der Waals surface area contributed by atoms with Gasteiger partial charge in [-0.25, -0.2) is 4.67 Å². The Kier molecular flexibility index (Phi) is 14.2. The average molecular weight is 931 g/mol. The first-order valence-corrected chi connectivity index (χ1v) is 26.5. The minimum Gasteiger partial charge on any atom is -0.497 e. The van der Waals surface area contributed by atoms with Gasteiger partial charge in [-0.05, 0) is 72.0 Å². The number of anilines is 1. The van der Waals surface area contributed by atoms with E-state index in [4.69, 9.17) is 23.3 Å². The third-order valence-electron chi connectivity index (χ3n) is 13.0. The predicted molar refractivity (Wildman–Crippen MR) is 266 cm³/mol. The van der Waals surface area contributed by atoms with E-state index in [1.54, 1.807) is 49.2 Å². The van der Waals surface area contributed by atoms with Crippen LogP contribution < -0.4 is 30.7 Å². The second kappa shape index (κ2) is 20.7. The molecule has 1 N–H and O–H groups in total. The molecule has 11 nitrogen and oxygen atoms in total. The van der Waals surface area contributed by atoms with E-state index in [9.17, 15) is 9.59 Å². The summed E-state index contributed by atoms with van der Waals surface area (Å²) in [7, 11) is -0.583. The molecule has 6 aromatic carbocycles. The number of fused-ring (bicyclic) bond motifs is 1. The van der Waals surface area contributed by atoms with Gasteiger partial charge in [-0.3, -0.25) is 14.9 Å². The Bertz CT molecular complexity index is 2680. The second-order valence-electron chi connectivity index (χ2n) is 17.1. The maximum absolute atomic E-state index is 13.6. The molecule has 1 aromatic heterocycles. The van der Waals surface area contributed by atoms with Crippen LogP contribution in [0.5, 0.6) is 11.5 Å². The van der Waals surface area contributed by atoms with Gasteiger partial charge in [0.15, 0.2) is 0 Å². The largest absolute Gasteiger partial charge is 0.497 e. The molecule has 4 atom stereocenters. The Morgan fingerprint density at radius 2 is 1.30 bits per heavy atom. The number of ether oxygens (including phenoxy) is 3. The highest BCUT2D eigenvalue weighted by molar-refractivity contribution is 7.45. The zero-order valence-electron chi connectivity index (χ0n) is 37.9. The van der Waals surface area contributed by atoms with Crippen LogP contribution in [0.25, 0.3) is 0 Å². The molecule has 1 amide bonds. The van der Waals surface area contributed by atoms with Gasteiger partial charge in [0.25, 0.3) is 20.0 Å². The topological polar surface area (TPSA) is 113 Å². The Balaban J connectivity index is 1.10. The van der Waals surface area contributed by atoms with Crippen LogP contribution in [-0.2, 0) is 25.9 Å². The van der Waals surface area contributed by atoms with Crippen LogP contribution in [0.1, 0.15) is 39.9 Å². The summed E-state index contributed by atoms with van der Waals surface area (Å²) in [5.74, 6) is 1.14. The highest BCUT2D eigenvalue weighted by atomic mass is 31.2. The van der Waals surface area contributed by atoms with Gasteiger partial charge < -0.3 is 27.8 Å². The quantitative estimate of drug-likeness (QED) is 0.0513. The number of hydrogen-bond donors (Lipinski definition) is 1. The first-order valence-electron chi connectivity index (χ1n) is 22.7. The Morgan fingerprint density at radius 3 is 1.87 bits per heavy atom. The fourth-order valence-electron chi connectivity index (χ4n) is 9.48. The molecule has 13 heteroatoms. The molecule has 67 heavy (non-hydrogen) atoms. The number of aromatic nitrogens is 2. The summed E-state index contributed by atoms with van der Waals surface area (Å²) in [5, 5.41) is 5.63. The van der Waals surface area contributed by atoms with E-state index >= 15 is 0 Å². The Labute approximate surface area is 394 Å². The van der Waals surface area contributed by atoms with E-state index < -0.39 is 39.8 Å². The monoisotopic (exact) mass is 930 g/mol. The molecule has 2 aliphatic rings. The van der Waals surface area contributed by atoms with E-state index in [0.717, 1.165) is 42.1 Å². The summed E-state index contributed by atoms with van der Waals surface area (Å²) >= 11 is 0. The number of nitrogens with one attached hydrogen (secondary N) is 1. The van der Waals surface area contributed by atoms with Crippen molar-refractivity contribution in [3.8, 4) is 11.5 Å². The van der Waals surface area contributed by atoms with E-state index in [-0.39, 0.29) is 31.2 Å². The zero-order valence-corrected chi connectivity index (χ0v) is 39.8. The molecule has 0 radical (unpaired) electrons. The van der Waals surface area contributed by atoms with Crippen molar-refractivity contribution in [2.75, 3.05) is 32.7 Å². The first kappa shape index (κ1) is 45.9. The summed E-state index contributed by atoms with van der Waals surface area (Å²) in [6.07, 6.45) is 2.95. The van der Waals surface area contributed by atoms with E-state index in [0.29, 0.717) is 17.1 Å². The van der Waals surface area contributed by atoms with Crippen molar-refractivity contribution in [1.29, 1.82) is 0 Å². The number of nitrogens with zero attached hydrogens (tertiary/aromatic N) is 3. The number of hydrogen-bond acceptors (Lipinski definition) is 9. The SMILES string of the molecule is COc1ccc(C(OCC(Cn2ccc(=O)nc2NC(=O)c2ccccc2)O[P@@]2O[C@H](C[Si](C)(c3ccccc3)c3ccccc3)[C@@H]3CCCN32)(c2ccccc2)c2ccc(OC)cc2)cc1. The number of rotatable bonds is 18. The minimum atomic E-state index is -2.30. The molecule has 342 valence electrons. The van der Waals surface area contributed by atoms with Crippen molar-refractivity contribution < 1.29 is 28.1 Å². The second-order valence-corrected chi connectivity index (χ2v) is 22.8. The Hall–Kier alpha value is -6.24. The van der Waals surface area contributed by atoms with Gasteiger partial charge in [-0.1, -0.05) is 150 Å². The highest BCUT2D eigenvalue weighted by Gasteiger charge is 2.51. The lowest BCUT2D eigenvalue weighted by Crippen LogP contribution is -2.58. The van der Waals surface area contributed by atoms with Crippen molar-refractivity contribution in [2.24, 2.45) is 0 Å². The maximum atomic E-state index is 13.6. The van der Waals surface area contributed by atoms with Gasteiger partial charge in [0, 0.05) is 30.4 Å². The molecular weight excluding hydrogens is 876 g/mol. The van der Waals surface area contributed by atoms with Crippen molar-refractivity contribution in [3.05, 3.63) is 215 Å². The maximum Gasteiger partial charge on any atom is 0.274 e. The fraction of sp³-hybridized carbons (Fsp3) is 0.241. The normalized spacial score (nSPS) is 17.7. The molecular formula is C54H55N4O7PSi. The Morgan fingerprint density at radius 1 is 0.761 bits per heavy atom. The van der Waals surface area contributed by atoms with Gasteiger partial charge in [0.05, 0.1) is 33.5 Å². The summed E-state index contributed by atoms with van der Waals surface area (Å²) in [6, 6.07) is 59.1. The van der Waals surface area contributed by atoms with Gasteiger partial charge in [0.1, 0.15) is 31.3 Å². The number of methoxy groups -OCH3 is 2. The first-order chi connectivity index (χ1) is 32.8. The van der Waals surface area contributed by atoms with Crippen LogP contribution in [0.4, 0.5) is 5.95 Å². The third kappa shape index (κ3) is 9.92. The van der Waals surface area contributed by atoms with Crippen LogP contribution in [0.15, 0.2) is 187 Å². The van der Waals surface area contributed by atoms with Crippen molar-refractivity contribution >= 4 is 38.8 Å². The summed E-state index contributed by atoms with van der Waals surface area (Å²) in [6.45, 7) is 3.53. The molecule has 0 aliphatic carbocycles. The van der Waals surface area contributed by atoms with E-state index in [1.807, 2.05) is 72.8 Å². The lowest BCUT2D eigenvalue weighted by molar-refractivity contribution is -0.0360. The molecule has 2 fully saturated rings. The predicted octanol–water partition coefficient (Wildman–Crippen LogP) is 8.89. The van der Waals surface area contributed by atoms with Crippen LogP contribution >= 0.6 is 8.53 Å². The minimum absolute atomic E-state index is 0.0657. The average Bonchev–Trinajstić information content (AvgIpc) is 4.00. The molecule has 0 spiro atoms. The molecule has 3 heterocycles. The standard InChI is InChI=1S/C54H55N4O7PSi/c1-61-44-30-26-42(27-31-44)54(41-19-10-5-11-20-41,43-28-32-45(62-2)33-29-43)63-38-46(37-57-36-34-51(59)55-53(57)56-52(60)40-17-8-4-9-18-40)64-66-58-35-16-25-49(58)50(65-66)39-67(3,47-21-12-6-13-22-47)48-23-14-7-15-24-48/h4-15,17-24,26-34,36,46,49-50H,16,25,35,37-39H2,1-3H3,(H,55,56,59,60)/t46?,49-,50+,66-/m0/s1. The van der Waals surface area contributed by atoms with Crippen LogP contribution in [0.3, 0.4) is 0 Å². The van der Waals surface area contributed by atoms with Gasteiger partial charge >= 0.3 is 0 Å².